The molecule has 17 amide bonds. The highest BCUT2D eigenvalue weighted by molar-refractivity contribution is 8.02. The van der Waals surface area contributed by atoms with E-state index < -0.39 is 192 Å². The van der Waals surface area contributed by atoms with Gasteiger partial charge in [-0.2, -0.15) is 0 Å². The fourth-order valence-corrected chi connectivity index (χ4v) is 18.4. The number of carboxylic acids is 4. The molecule has 6 unspecified atom stereocenters. The van der Waals surface area contributed by atoms with E-state index in [9.17, 15) is 92.3 Å². The van der Waals surface area contributed by atoms with Gasteiger partial charge in [0.05, 0.1) is 5.37 Å². The van der Waals surface area contributed by atoms with Crippen molar-refractivity contribution < 1.29 is 107 Å². The summed E-state index contributed by atoms with van der Waals surface area (Å²) in [5, 5.41) is 56.8. The number of urea groups is 3. The monoisotopic (exact) mass is 1570 g/mol. The Morgan fingerprint density at radius 2 is 0.706 bits per heavy atom. The van der Waals surface area contributed by atoms with Crippen LogP contribution in [0.4, 0.5) is 14.4 Å². The molecule has 0 aliphatic carbocycles. The fraction of sp³-hybridized carbons (Fsp3) is 0.478. The predicted octanol–water partition coefficient (Wildman–Crippen LogP) is -0.889. The third-order valence-electron chi connectivity index (χ3n) is 19.3. The molecule has 6 aliphatic rings. The Balaban J connectivity index is 1.11. The molecular weight excluding hydrogens is 1490 g/mol. The molecule has 0 spiro atoms. The van der Waals surface area contributed by atoms with E-state index in [1.165, 1.54) is 141 Å². The maximum atomic E-state index is 16.6. The van der Waals surface area contributed by atoms with E-state index in [2.05, 4.69) is 37.2 Å². The lowest BCUT2D eigenvalue weighted by Gasteiger charge is -2.41. The zero-order chi connectivity index (χ0) is 80.2. The number of imide groups is 3. The van der Waals surface area contributed by atoms with Gasteiger partial charge >= 0.3 is 77.4 Å². The van der Waals surface area contributed by atoms with Gasteiger partial charge in [0.15, 0.2) is 18.1 Å². The number of carbonyl (C=O) groups excluding carboxylic acids is 14. The largest absolute Gasteiger partial charge is 0.480 e. The molecular formula is C69H83N15O22S3. The molecule has 6 saturated heterocycles. The molecule has 3 aromatic rings. The fourth-order valence-electron chi connectivity index (χ4n) is 13.7. The molecule has 37 nitrogen and oxygen atoms in total. The molecule has 3 aromatic carbocycles. The van der Waals surface area contributed by atoms with Gasteiger partial charge in [-0.05, 0) is 79.0 Å². The van der Waals surface area contributed by atoms with Crippen LogP contribution in [-0.2, 0) is 71.9 Å². The minimum atomic E-state index is -2.42. The first-order chi connectivity index (χ1) is 51.3. The van der Waals surface area contributed by atoms with E-state index in [0.29, 0.717) is 48.0 Å². The summed E-state index contributed by atoms with van der Waals surface area (Å²) >= 11 is 1.86. The molecule has 12 atom stereocenters. The van der Waals surface area contributed by atoms with E-state index in [1.807, 2.05) is 0 Å². The van der Waals surface area contributed by atoms with Crippen LogP contribution in [0, 0.1) is 0 Å². The molecule has 584 valence electrons. The molecule has 6 aliphatic heterocycles. The molecule has 6 heterocycles. The zero-order valence-corrected chi connectivity index (χ0v) is 62.8. The van der Waals surface area contributed by atoms with Gasteiger partial charge in [-0.15, -0.1) is 35.3 Å². The van der Waals surface area contributed by atoms with Gasteiger partial charge < -0.3 is 76.8 Å². The lowest BCUT2D eigenvalue weighted by Crippen LogP contribution is -2.67. The molecule has 0 aromatic heterocycles. The van der Waals surface area contributed by atoms with Crippen LogP contribution in [0.25, 0.3) is 0 Å². The molecule has 6 fully saturated rings. The van der Waals surface area contributed by atoms with E-state index in [-0.39, 0.29) is 75.6 Å². The summed E-state index contributed by atoms with van der Waals surface area (Å²) in [6.45, 7) is 12.2. The summed E-state index contributed by atoms with van der Waals surface area (Å²) in [5.41, 5.74) is 0.0387. The molecule has 0 bridgehead atoms. The van der Waals surface area contributed by atoms with Gasteiger partial charge in [0.1, 0.15) is 47.0 Å². The van der Waals surface area contributed by atoms with Crippen molar-refractivity contribution in [3.8, 4) is 0 Å². The lowest BCUT2D eigenvalue weighted by atomic mass is 9.93. The molecule has 0 radical (unpaired) electrons. The van der Waals surface area contributed by atoms with Crippen molar-refractivity contribution in [1.29, 1.82) is 0 Å². The number of likely N-dealkylation sites (N-methyl/N-ethyl adjacent to an activating group) is 3. The maximum absolute atomic E-state index is 16.6. The summed E-state index contributed by atoms with van der Waals surface area (Å²) < 4.78 is -5.32. The number of aliphatic carboxylic acids is 4. The first kappa shape index (κ1) is 82.2. The SMILES string of the molecule is CCN1CCN(C(=O)N[C@@H](C(=O)NC(C(=O)O)C2N[C@@H](C(=O)N3C(C(NC(=O)[C@H](NC(=O)N4CCN(CC)C(=O)C4=O)c4ccccc4)C(=O)O)SC(C)(C)[C@@H]3C(=O)N3C(C(NC(=O)[C@H](NC(=O)N4CCN(CC)C(=O)C4=O)c4ccccc4)C(=O)O)SC(C)(C)[C@@H]3C(=O)O)C(C)(C)S2)c2ccccc2)C(=O)C1=O. The Labute approximate surface area is 636 Å². The Morgan fingerprint density at radius 3 is 1.01 bits per heavy atom. The van der Waals surface area contributed by atoms with E-state index >= 15 is 14.4 Å². The van der Waals surface area contributed by atoms with Crippen molar-refractivity contribution >= 4 is 142 Å². The van der Waals surface area contributed by atoms with Crippen molar-refractivity contribution in [2.24, 2.45) is 0 Å². The number of carboxylic acid groups (broad SMARTS) is 4. The van der Waals surface area contributed by atoms with Gasteiger partial charge in [-0.3, -0.25) is 72.8 Å². The third kappa shape index (κ3) is 17.0. The number of amides is 17. The average Bonchev–Trinajstić information content (AvgIpc) is 1.56. The van der Waals surface area contributed by atoms with Gasteiger partial charge in [0, 0.05) is 73.1 Å². The number of benzene rings is 3. The second-order valence-electron chi connectivity index (χ2n) is 27.5. The Hall–Kier alpha value is -10.9. The zero-order valence-electron chi connectivity index (χ0n) is 60.4. The van der Waals surface area contributed by atoms with Gasteiger partial charge in [0.25, 0.3) is 0 Å². The van der Waals surface area contributed by atoms with Gasteiger partial charge in [0.2, 0.25) is 29.5 Å². The van der Waals surface area contributed by atoms with E-state index in [0.717, 1.165) is 11.8 Å². The minimum absolute atomic E-state index is 0.00466. The first-order valence-corrected chi connectivity index (χ1v) is 37.1. The second kappa shape index (κ2) is 33.3. The highest BCUT2D eigenvalue weighted by Crippen LogP contribution is 2.52. The normalized spacial score (nSPS) is 23.4. The van der Waals surface area contributed by atoms with E-state index in [4.69, 9.17) is 0 Å². The van der Waals surface area contributed by atoms with Crippen molar-refractivity contribution in [1.82, 2.24) is 76.4 Å². The smallest absolute Gasteiger partial charge is 0.329 e. The topological polar surface area (TPSA) is 498 Å². The third-order valence-corrected chi connectivity index (χ3v) is 24.0. The summed E-state index contributed by atoms with van der Waals surface area (Å²) in [4.78, 5) is 261. The predicted molar refractivity (Wildman–Crippen MR) is 386 cm³/mol. The first-order valence-electron chi connectivity index (χ1n) is 34.5. The van der Waals surface area contributed by atoms with E-state index in [1.54, 1.807) is 26.8 Å². The number of hydrogen-bond acceptors (Lipinski definition) is 22. The summed E-state index contributed by atoms with van der Waals surface area (Å²) in [6.07, 6.45) is 0. The van der Waals surface area contributed by atoms with Crippen LogP contribution in [0.2, 0.25) is 0 Å². The molecule has 0 saturated carbocycles. The van der Waals surface area contributed by atoms with Crippen LogP contribution in [0.1, 0.15) is 97.1 Å². The van der Waals surface area contributed by atoms with Crippen molar-refractivity contribution in [3.05, 3.63) is 108 Å². The minimum Gasteiger partial charge on any atom is -0.480 e. The number of nitrogens with zero attached hydrogens (tertiary/aromatic N) is 8. The number of nitrogens with one attached hydrogen (secondary N) is 7. The van der Waals surface area contributed by atoms with Crippen LogP contribution >= 0.6 is 35.3 Å². The second-order valence-corrected chi connectivity index (χ2v) is 32.8. The highest BCUT2D eigenvalue weighted by Gasteiger charge is 2.66. The van der Waals surface area contributed by atoms with Crippen LogP contribution < -0.4 is 37.2 Å². The number of hydrogen-bond donors (Lipinski definition) is 11. The van der Waals surface area contributed by atoms with Crippen molar-refractivity contribution in [3.63, 3.8) is 0 Å². The Kier molecular flexibility index (Phi) is 25.1. The maximum Gasteiger partial charge on any atom is 0.329 e. The molecule has 11 N–H and O–H groups in total. The Bertz CT molecular complexity index is 4180. The summed E-state index contributed by atoms with van der Waals surface area (Å²) in [7, 11) is 0. The van der Waals surface area contributed by atoms with Crippen LogP contribution in [0.3, 0.4) is 0 Å². The van der Waals surface area contributed by atoms with Crippen molar-refractivity contribution in [2.45, 2.75) is 147 Å². The standard InChI is InChI=1S/C69H83N15O22S3/c1-10-77-28-31-80(55(93)52(77)90)64(104)73-37(34-22-16-13-17-23-34)46(85)70-40(60(96)97)49-76-43(67(4,5)107-49)50(88)83-44(68(6,7)108-58(83)41(61(98)99)71-47(86)38(35-24-18-14-19-25-35)74-65(105)81-32-29-78(11-2)53(91)56(81)94)51(89)84-45(63(102)103)69(8,9)109-59(84)42(62(100)101)72-48(87)39(36-26-20-15-21-27-36)75-66(106)82-33-30-79(12-3)54(92)57(82)95/h13-27,37-45,49,58-59,76H,10-12,28-33H2,1-9H3,(H,70,85)(H,71,86)(H,72,87)(H,73,104)(H,74,105)(H,75,106)(H,96,97)(H,98,99)(H,100,101)(H,102,103)/t37-,38-,39-,40?,41?,42?,43+,44+,45+,49?,58?,59?/m1/s1. The summed E-state index contributed by atoms with van der Waals surface area (Å²) in [5.74, 6) is -20.7. The molecule has 109 heavy (non-hydrogen) atoms. The number of rotatable bonds is 24. The van der Waals surface area contributed by atoms with Crippen LogP contribution in [-0.4, -0.2) is 292 Å². The van der Waals surface area contributed by atoms with Gasteiger partial charge in [-0.1, -0.05) is 91.0 Å². The van der Waals surface area contributed by atoms with Crippen LogP contribution in [0.5, 0.6) is 0 Å². The van der Waals surface area contributed by atoms with Crippen molar-refractivity contribution in [2.75, 3.05) is 58.9 Å². The quantitative estimate of drug-likeness (QED) is 0.0485. The van der Waals surface area contributed by atoms with Gasteiger partial charge in [-0.25, -0.2) is 33.6 Å². The molecule has 40 heteroatoms. The Morgan fingerprint density at radius 1 is 0.404 bits per heavy atom. The molecule has 9 rings (SSSR count). The lowest BCUT2D eigenvalue weighted by molar-refractivity contribution is -0.159. The number of carbonyl (C=O) groups is 18. The highest BCUT2D eigenvalue weighted by atomic mass is 32.2. The van der Waals surface area contributed by atoms with Crippen LogP contribution in [0.15, 0.2) is 91.0 Å². The average molecular weight is 1570 g/mol. The summed E-state index contributed by atoms with van der Waals surface area (Å²) in [6, 6.07) is -0.707. The number of thioether (sulfide) groups is 3. The number of piperazine rings is 3.